The number of carboxylic acid groups (broad SMARTS) is 1. The molecule has 40 heavy (non-hydrogen) atoms. The lowest BCUT2D eigenvalue weighted by molar-refractivity contribution is 0.0511. The lowest BCUT2D eigenvalue weighted by Crippen LogP contribution is -2.58. The fraction of sp³-hybridized carbons (Fsp3) is 0.393. The molecule has 210 valence electrons. The molecule has 0 aliphatic carbocycles. The molecule has 2 aromatic carbocycles. The van der Waals surface area contributed by atoms with E-state index >= 15 is 0 Å². The van der Waals surface area contributed by atoms with E-state index in [2.05, 4.69) is 15.3 Å². The number of nitrogens with zero attached hydrogens (tertiary/aromatic N) is 6. The highest BCUT2D eigenvalue weighted by molar-refractivity contribution is 6.06. The van der Waals surface area contributed by atoms with Gasteiger partial charge in [-0.25, -0.2) is 14.8 Å². The van der Waals surface area contributed by atoms with Crippen LogP contribution in [-0.2, 0) is 11.8 Å². The van der Waals surface area contributed by atoms with E-state index in [0.717, 1.165) is 22.2 Å². The number of amides is 2. The number of benzene rings is 2. The van der Waals surface area contributed by atoms with Crippen molar-refractivity contribution in [2.24, 2.45) is 7.05 Å². The Morgan fingerprint density at radius 1 is 1.15 bits per heavy atom. The quantitative estimate of drug-likeness (QED) is 0.348. The molecule has 3 heterocycles. The molecule has 5 rings (SSSR count). The van der Waals surface area contributed by atoms with Gasteiger partial charge in [-0.05, 0) is 45.0 Å². The predicted octanol–water partition coefficient (Wildman–Crippen LogP) is 3.41. The Hall–Kier alpha value is -4.45. The molecule has 1 aliphatic heterocycles. The van der Waals surface area contributed by atoms with Crippen LogP contribution in [0.15, 0.2) is 30.5 Å². The maximum atomic E-state index is 13.1. The van der Waals surface area contributed by atoms with Crippen LogP contribution < -0.4 is 15.0 Å². The zero-order chi connectivity index (χ0) is 28.7. The molecule has 0 spiro atoms. The number of rotatable bonds is 6. The Balaban J connectivity index is 1.64. The Labute approximate surface area is 231 Å². The zero-order valence-corrected chi connectivity index (χ0v) is 23.4. The Bertz CT molecular complexity index is 1610. The largest absolute Gasteiger partial charge is 0.466 e. The van der Waals surface area contributed by atoms with Crippen LogP contribution >= 0.6 is 0 Å². The second-order valence-corrected chi connectivity index (χ2v) is 10.1. The summed E-state index contributed by atoms with van der Waals surface area (Å²) in [4.78, 5) is 38.0. The molecule has 0 unspecified atom stereocenters. The monoisotopic (exact) mass is 547 g/mol. The van der Waals surface area contributed by atoms with Crippen LogP contribution in [0.2, 0.25) is 0 Å². The van der Waals surface area contributed by atoms with Crippen molar-refractivity contribution in [1.82, 2.24) is 30.0 Å². The molecular weight excluding hydrogens is 514 g/mol. The van der Waals surface area contributed by atoms with E-state index in [1.165, 1.54) is 4.90 Å². The second kappa shape index (κ2) is 10.6. The molecule has 12 nitrogen and oxygen atoms in total. The normalized spacial score (nSPS) is 17.4. The molecular formula is C28H33N7O5. The van der Waals surface area contributed by atoms with Crippen molar-refractivity contribution >= 4 is 39.5 Å². The van der Waals surface area contributed by atoms with Crippen LogP contribution in [0, 0.1) is 6.92 Å². The number of methoxy groups -OCH3 is 1. The number of ether oxygens (including phenoxy) is 2. The van der Waals surface area contributed by atoms with Crippen LogP contribution in [0.1, 0.15) is 29.9 Å². The minimum absolute atomic E-state index is 0.0252. The summed E-state index contributed by atoms with van der Waals surface area (Å²) in [6, 6.07) is 7.24. The van der Waals surface area contributed by atoms with Crippen molar-refractivity contribution < 1.29 is 24.2 Å². The number of carbonyl (C=O) groups excluding carboxylic acids is 1. The smallest absolute Gasteiger partial charge is 0.407 e. The van der Waals surface area contributed by atoms with Gasteiger partial charge in [0.15, 0.2) is 12.6 Å². The van der Waals surface area contributed by atoms with Crippen molar-refractivity contribution in [1.29, 1.82) is 0 Å². The first-order chi connectivity index (χ1) is 19.1. The summed E-state index contributed by atoms with van der Waals surface area (Å²) in [5, 5.41) is 18.3. The molecule has 1 aliphatic rings. The van der Waals surface area contributed by atoms with E-state index in [1.807, 2.05) is 58.3 Å². The van der Waals surface area contributed by atoms with Crippen molar-refractivity contribution in [3.8, 4) is 17.1 Å². The number of anilines is 1. The van der Waals surface area contributed by atoms with Crippen LogP contribution in [0.4, 0.5) is 10.5 Å². The third-order valence-corrected chi connectivity index (χ3v) is 7.29. The SMILES string of the molecule is CNC(=O)c1nc(-c2cc3cn(C)nc3c(C)c2OCOC)nc2ccc(N3C[C@@H](C)N(C(=O)O)[C@@H](C)C3)cc12. The van der Waals surface area contributed by atoms with Gasteiger partial charge in [-0.15, -0.1) is 0 Å². The maximum absolute atomic E-state index is 13.1. The van der Waals surface area contributed by atoms with Crippen LogP contribution in [0.25, 0.3) is 33.2 Å². The van der Waals surface area contributed by atoms with Crippen LogP contribution in [0.5, 0.6) is 5.75 Å². The highest BCUT2D eigenvalue weighted by Crippen LogP contribution is 2.38. The molecule has 0 saturated carbocycles. The van der Waals surface area contributed by atoms with E-state index < -0.39 is 6.09 Å². The molecule has 1 saturated heterocycles. The minimum atomic E-state index is -0.922. The highest BCUT2D eigenvalue weighted by Gasteiger charge is 2.33. The van der Waals surface area contributed by atoms with Gasteiger partial charge >= 0.3 is 6.09 Å². The summed E-state index contributed by atoms with van der Waals surface area (Å²) in [6.07, 6.45) is 0.986. The summed E-state index contributed by atoms with van der Waals surface area (Å²) >= 11 is 0. The first-order valence-corrected chi connectivity index (χ1v) is 13.0. The van der Waals surface area contributed by atoms with Crippen molar-refractivity contribution in [3.05, 3.63) is 41.7 Å². The third kappa shape index (κ3) is 4.75. The van der Waals surface area contributed by atoms with E-state index in [9.17, 15) is 14.7 Å². The van der Waals surface area contributed by atoms with Crippen LogP contribution in [0.3, 0.4) is 0 Å². The fourth-order valence-corrected chi connectivity index (χ4v) is 5.54. The van der Waals surface area contributed by atoms with E-state index in [0.29, 0.717) is 41.1 Å². The van der Waals surface area contributed by atoms with Gasteiger partial charge in [-0.2, -0.15) is 5.10 Å². The molecule has 2 atom stereocenters. The van der Waals surface area contributed by atoms with E-state index in [1.54, 1.807) is 18.8 Å². The van der Waals surface area contributed by atoms with Gasteiger partial charge < -0.3 is 24.8 Å². The lowest BCUT2D eigenvalue weighted by atomic mass is 10.0. The van der Waals surface area contributed by atoms with Crippen molar-refractivity contribution in [2.75, 3.05) is 38.9 Å². The maximum Gasteiger partial charge on any atom is 0.407 e. The number of carbonyl (C=O) groups is 2. The van der Waals surface area contributed by atoms with Crippen molar-refractivity contribution in [2.45, 2.75) is 32.9 Å². The number of fused-ring (bicyclic) bond motifs is 2. The topological polar surface area (TPSA) is 135 Å². The Kier molecular flexibility index (Phi) is 7.19. The van der Waals surface area contributed by atoms with Gasteiger partial charge in [-0.1, -0.05) is 0 Å². The Morgan fingerprint density at radius 2 is 1.88 bits per heavy atom. The standard InChI is InChI=1S/C28H33N7O5/c1-15-11-34(12-16(2)35(15)28(37)38)19-7-8-22-20(10-19)24(27(36)29-4)31-26(30-22)21-9-18-13-33(5)32-23(18)17(3)25(21)40-14-39-6/h7-10,13,15-16H,11-12,14H2,1-6H3,(H,29,36)(H,37,38)/t15-,16+. The first kappa shape index (κ1) is 27.1. The summed E-state index contributed by atoms with van der Waals surface area (Å²) in [5.74, 6) is 0.532. The van der Waals surface area contributed by atoms with E-state index in [-0.39, 0.29) is 30.5 Å². The molecule has 12 heteroatoms. The van der Waals surface area contributed by atoms with Gasteiger partial charge in [0.25, 0.3) is 5.91 Å². The average molecular weight is 548 g/mol. The molecule has 4 aromatic rings. The van der Waals surface area contributed by atoms with Gasteiger partial charge in [0, 0.05) is 62.5 Å². The van der Waals surface area contributed by atoms with Gasteiger partial charge in [0.2, 0.25) is 0 Å². The zero-order valence-electron chi connectivity index (χ0n) is 23.4. The summed E-state index contributed by atoms with van der Waals surface area (Å²) in [7, 11) is 4.96. The number of aryl methyl sites for hydroxylation is 2. The average Bonchev–Trinajstić information content (AvgIpc) is 3.31. The first-order valence-electron chi connectivity index (χ1n) is 13.0. The van der Waals surface area contributed by atoms with E-state index in [4.69, 9.17) is 19.4 Å². The molecule has 2 amide bonds. The second-order valence-electron chi connectivity index (χ2n) is 10.1. The molecule has 0 bridgehead atoms. The molecule has 0 radical (unpaired) electrons. The number of aromatic nitrogens is 4. The van der Waals surface area contributed by atoms with Gasteiger partial charge in [0.1, 0.15) is 11.4 Å². The summed E-state index contributed by atoms with van der Waals surface area (Å²) in [6.45, 7) is 6.79. The molecule has 1 fully saturated rings. The number of nitrogens with one attached hydrogen (secondary N) is 1. The summed E-state index contributed by atoms with van der Waals surface area (Å²) < 4.78 is 12.9. The number of hydrogen-bond donors (Lipinski definition) is 2. The van der Waals surface area contributed by atoms with Crippen molar-refractivity contribution in [3.63, 3.8) is 0 Å². The number of hydrogen-bond acceptors (Lipinski definition) is 8. The predicted molar refractivity (Wildman–Crippen MR) is 151 cm³/mol. The van der Waals surface area contributed by atoms with Gasteiger partial charge in [0.05, 0.1) is 28.7 Å². The lowest BCUT2D eigenvalue weighted by Gasteiger charge is -2.44. The molecule has 2 N–H and O–H groups in total. The highest BCUT2D eigenvalue weighted by atomic mass is 16.7. The van der Waals surface area contributed by atoms with Gasteiger partial charge in [-0.3, -0.25) is 14.4 Å². The minimum Gasteiger partial charge on any atom is -0.466 e. The molecule has 2 aromatic heterocycles. The number of piperazine rings is 1. The van der Waals surface area contributed by atoms with Crippen LogP contribution in [-0.4, -0.2) is 87.9 Å². The summed E-state index contributed by atoms with van der Waals surface area (Å²) in [5.41, 5.74) is 3.93. The Morgan fingerprint density at radius 3 is 2.52 bits per heavy atom. The fourth-order valence-electron chi connectivity index (χ4n) is 5.54. The third-order valence-electron chi connectivity index (χ3n) is 7.29.